The molecular formula is C39H40F2N4. The zero-order valence-electron chi connectivity index (χ0n) is 26.5. The molecule has 6 heteroatoms. The number of halogens is 2. The Morgan fingerprint density at radius 1 is 0.689 bits per heavy atom. The molecule has 5 aromatic rings. The van der Waals surface area contributed by atoms with E-state index in [-0.39, 0.29) is 0 Å². The van der Waals surface area contributed by atoms with Gasteiger partial charge >= 0.3 is 0 Å². The molecule has 230 valence electrons. The van der Waals surface area contributed by atoms with Gasteiger partial charge in [0.2, 0.25) is 0 Å². The second-order valence-electron chi connectivity index (χ2n) is 12.5. The number of aryl methyl sites for hydroxylation is 3. The molecule has 2 aromatic heterocycles. The third-order valence-electron chi connectivity index (χ3n) is 9.15. The first-order chi connectivity index (χ1) is 21.7. The van der Waals surface area contributed by atoms with Gasteiger partial charge in [0.05, 0.1) is 11.4 Å². The quantitative estimate of drug-likeness (QED) is 0.177. The van der Waals surface area contributed by atoms with Crippen LogP contribution in [0.15, 0.2) is 91.3 Å². The van der Waals surface area contributed by atoms with E-state index in [0.717, 1.165) is 49.8 Å². The molecule has 0 N–H and O–H groups in total. The lowest BCUT2D eigenvalue weighted by Crippen LogP contribution is -2.44. The van der Waals surface area contributed by atoms with Crippen LogP contribution in [-0.4, -0.2) is 34.0 Å². The summed E-state index contributed by atoms with van der Waals surface area (Å²) >= 11 is 0. The fraction of sp³-hybridized carbons (Fsp3) is 0.282. The van der Waals surface area contributed by atoms with Crippen molar-refractivity contribution in [2.75, 3.05) is 18.0 Å². The topological polar surface area (TPSA) is 32.3 Å². The van der Waals surface area contributed by atoms with Gasteiger partial charge in [0.1, 0.15) is 11.6 Å². The molecule has 1 fully saturated rings. The number of likely N-dealkylation sites (tertiary alicyclic amines) is 1. The molecule has 4 nitrogen and oxygen atoms in total. The average molecular weight is 603 g/mol. The number of benzene rings is 3. The van der Waals surface area contributed by atoms with Crippen molar-refractivity contribution in [2.45, 2.75) is 59.7 Å². The van der Waals surface area contributed by atoms with Crippen LogP contribution >= 0.6 is 0 Å². The van der Waals surface area contributed by atoms with Gasteiger partial charge in [0, 0.05) is 67.5 Å². The SMILES string of the molecule is Cc1ccc(N(Cc2ccnc(-c3cc(F)cc(F)c3)c2)C2CCN(Cc3ccnc(-c4cc(C)c(C)c(C)c4)c3)CC2)cc1. The number of hydrogen-bond donors (Lipinski definition) is 0. The number of hydrogen-bond acceptors (Lipinski definition) is 4. The van der Waals surface area contributed by atoms with Gasteiger partial charge in [-0.3, -0.25) is 14.9 Å². The van der Waals surface area contributed by atoms with E-state index in [1.165, 1.54) is 51.2 Å². The van der Waals surface area contributed by atoms with Gasteiger partial charge in [0.15, 0.2) is 0 Å². The summed E-state index contributed by atoms with van der Waals surface area (Å²) < 4.78 is 27.9. The molecule has 45 heavy (non-hydrogen) atoms. The Kier molecular flexibility index (Phi) is 9.04. The third-order valence-corrected chi connectivity index (χ3v) is 9.15. The van der Waals surface area contributed by atoms with E-state index in [1.807, 2.05) is 18.3 Å². The Labute approximate surface area is 265 Å². The lowest BCUT2D eigenvalue weighted by molar-refractivity contribution is 0.201. The lowest BCUT2D eigenvalue weighted by atomic mass is 9.98. The highest BCUT2D eigenvalue weighted by Crippen LogP contribution is 2.29. The predicted molar refractivity (Wildman–Crippen MR) is 179 cm³/mol. The van der Waals surface area contributed by atoms with E-state index < -0.39 is 11.6 Å². The molecule has 0 amide bonds. The van der Waals surface area contributed by atoms with Crippen molar-refractivity contribution >= 4 is 5.69 Å². The van der Waals surface area contributed by atoms with Crippen LogP contribution in [0.5, 0.6) is 0 Å². The summed E-state index contributed by atoms with van der Waals surface area (Å²) in [5.74, 6) is -1.21. The molecule has 1 aliphatic heterocycles. The van der Waals surface area contributed by atoms with E-state index in [0.29, 0.717) is 23.8 Å². The maximum absolute atomic E-state index is 13.9. The van der Waals surface area contributed by atoms with Crippen molar-refractivity contribution in [2.24, 2.45) is 0 Å². The first-order valence-electron chi connectivity index (χ1n) is 15.7. The smallest absolute Gasteiger partial charge is 0.126 e. The highest BCUT2D eigenvalue weighted by atomic mass is 19.1. The normalized spacial score (nSPS) is 14.1. The summed E-state index contributed by atoms with van der Waals surface area (Å²) in [6.45, 7) is 12.2. The molecule has 0 atom stereocenters. The number of nitrogens with zero attached hydrogens (tertiary/aromatic N) is 4. The van der Waals surface area contributed by atoms with Crippen molar-refractivity contribution in [3.8, 4) is 22.5 Å². The van der Waals surface area contributed by atoms with E-state index >= 15 is 0 Å². The number of rotatable bonds is 8. The molecule has 0 saturated carbocycles. The van der Waals surface area contributed by atoms with Crippen LogP contribution in [0, 0.1) is 39.3 Å². The van der Waals surface area contributed by atoms with Crippen molar-refractivity contribution in [3.05, 3.63) is 136 Å². The Balaban J connectivity index is 1.17. The highest BCUT2D eigenvalue weighted by Gasteiger charge is 2.26. The summed E-state index contributed by atoms with van der Waals surface area (Å²) in [6, 6.07) is 25.4. The van der Waals surface area contributed by atoms with Gasteiger partial charge in [0.25, 0.3) is 0 Å². The predicted octanol–water partition coefficient (Wildman–Crippen LogP) is 8.99. The summed E-state index contributed by atoms with van der Waals surface area (Å²) in [6.07, 6.45) is 5.73. The maximum atomic E-state index is 13.9. The second-order valence-corrected chi connectivity index (χ2v) is 12.5. The van der Waals surface area contributed by atoms with Crippen molar-refractivity contribution in [1.29, 1.82) is 0 Å². The summed E-state index contributed by atoms with van der Waals surface area (Å²) in [7, 11) is 0. The van der Waals surface area contributed by atoms with Gasteiger partial charge in [-0.05, 0) is 129 Å². The highest BCUT2D eigenvalue weighted by molar-refractivity contribution is 5.63. The molecule has 1 aliphatic rings. The van der Waals surface area contributed by atoms with Crippen LogP contribution < -0.4 is 4.90 Å². The van der Waals surface area contributed by atoms with Crippen molar-refractivity contribution in [1.82, 2.24) is 14.9 Å². The zero-order valence-corrected chi connectivity index (χ0v) is 26.5. The van der Waals surface area contributed by atoms with Gasteiger partial charge in [-0.25, -0.2) is 8.78 Å². The summed E-state index contributed by atoms with van der Waals surface area (Å²) in [5, 5.41) is 0. The Morgan fingerprint density at radius 3 is 1.87 bits per heavy atom. The molecule has 3 heterocycles. The molecule has 0 unspecified atom stereocenters. The third kappa shape index (κ3) is 7.29. The molecule has 1 saturated heterocycles. The molecule has 0 radical (unpaired) electrons. The van der Waals surface area contributed by atoms with Gasteiger partial charge < -0.3 is 4.90 Å². The van der Waals surface area contributed by atoms with Crippen LogP contribution in [0.3, 0.4) is 0 Å². The summed E-state index contributed by atoms with van der Waals surface area (Å²) in [5.41, 5.74) is 11.9. The largest absolute Gasteiger partial charge is 0.364 e. The van der Waals surface area contributed by atoms with Crippen LogP contribution in [0.1, 0.15) is 46.2 Å². The molecular weight excluding hydrogens is 562 g/mol. The molecule has 0 spiro atoms. The van der Waals surface area contributed by atoms with Crippen LogP contribution in [0.25, 0.3) is 22.5 Å². The Morgan fingerprint density at radius 2 is 1.24 bits per heavy atom. The fourth-order valence-electron chi connectivity index (χ4n) is 6.36. The molecule has 0 aliphatic carbocycles. The Bertz CT molecular complexity index is 1750. The van der Waals surface area contributed by atoms with Gasteiger partial charge in [-0.1, -0.05) is 17.7 Å². The zero-order chi connectivity index (χ0) is 31.5. The van der Waals surface area contributed by atoms with E-state index in [1.54, 1.807) is 6.20 Å². The molecule has 3 aromatic carbocycles. The number of pyridine rings is 2. The summed E-state index contributed by atoms with van der Waals surface area (Å²) in [4.78, 5) is 14.1. The van der Waals surface area contributed by atoms with Crippen LogP contribution in [-0.2, 0) is 13.1 Å². The monoisotopic (exact) mass is 602 g/mol. The average Bonchev–Trinajstić information content (AvgIpc) is 3.03. The molecule has 0 bridgehead atoms. The van der Waals surface area contributed by atoms with E-state index in [4.69, 9.17) is 4.98 Å². The number of anilines is 1. The minimum absolute atomic E-state index is 0.360. The van der Waals surface area contributed by atoms with Gasteiger partial charge in [-0.2, -0.15) is 0 Å². The van der Waals surface area contributed by atoms with E-state index in [2.05, 4.69) is 91.0 Å². The maximum Gasteiger partial charge on any atom is 0.126 e. The minimum atomic E-state index is -0.603. The first kappa shape index (κ1) is 30.6. The van der Waals surface area contributed by atoms with Crippen molar-refractivity contribution < 1.29 is 8.78 Å². The standard InChI is InChI=1S/C39H40F2N4/c1-26-5-7-36(8-6-26)45(25-31-10-14-43-39(20-31)33-21-34(40)23-35(41)22-33)37-11-15-44(16-12-37)24-30-9-13-42-38(19-30)32-17-27(2)29(4)28(3)18-32/h5-10,13-14,17-23,37H,11-12,15-16,24-25H2,1-4H3. The van der Waals surface area contributed by atoms with E-state index in [9.17, 15) is 8.78 Å². The van der Waals surface area contributed by atoms with Gasteiger partial charge in [-0.15, -0.1) is 0 Å². The number of piperidine rings is 1. The van der Waals surface area contributed by atoms with Crippen LogP contribution in [0.4, 0.5) is 14.5 Å². The number of aromatic nitrogens is 2. The lowest BCUT2D eigenvalue weighted by Gasteiger charge is -2.40. The second kappa shape index (κ2) is 13.3. The first-order valence-corrected chi connectivity index (χ1v) is 15.7. The Hall–Kier alpha value is -4.42. The molecule has 6 rings (SSSR count). The van der Waals surface area contributed by atoms with Crippen molar-refractivity contribution in [3.63, 3.8) is 0 Å². The van der Waals surface area contributed by atoms with Crippen LogP contribution in [0.2, 0.25) is 0 Å². The fourth-order valence-corrected chi connectivity index (χ4v) is 6.36. The minimum Gasteiger partial charge on any atom is -0.364 e.